The van der Waals surface area contributed by atoms with Crippen LogP contribution >= 0.6 is 11.8 Å². The molecule has 338 valence electrons. The molecule has 1 unspecified atom stereocenters. The summed E-state index contributed by atoms with van der Waals surface area (Å²) in [4.78, 5) is 124. The summed E-state index contributed by atoms with van der Waals surface area (Å²) in [6.45, 7) is 6.02. The maximum Gasteiger partial charge on any atom is 0.315 e. The fourth-order valence-corrected chi connectivity index (χ4v) is 8.27. The Hall–Kier alpha value is -5.19. The Morgan fingerprint density at radius 3 is 2.08 bits per heavy atom. The number of thioether (sulfide) groups is 1. The summed E-state index contributed by atoms with van der Waals surface area (Å²) in [6, 6.07) is -3.61. The van der Waals surface area contributed by atoms with Crippen LogP contribution in [-0.2, 0) is 43.2 Å². The van der Waals surface area contributed by atoms with Gasteiger partial charge in [0, 0.05) is 36.3 Å². The van der Waals surface area contributed by atoms with Gasteiger partial charge in [-0.2, -0.15) is 11.8 Å². The van der Waals surface area contributed by atoms with Gasteiger partial charge < -0.3 is 54.0 Å². The summed E-state index contributed by atoms with van der Waals surface area (Å²) < 4.78 is 0. The van der Waals surface area contributed by atoms with Crippen molar-refractivity contribution in [3.8, 4) is 0 Å². The highest BCUT2D eigenvalue weighted by molar-refractivity contribution is 8.00. The highest BCUT2D eigenvalue weighted by Gasteiger charge is 2.42. The molecule has 2 aliphatic rings. The molecular formula is C37H63N11O11S. The van der Waals surface area contributed by atoms with E-state index in [1.54, 1.807) is 27.7 Å². The Bertz CT molecular complexity index is 1550. The van der Waals surface area contributed by atoms with Crippen LogP contribution in [0.4, 0.5) is 4.79 Å². The van der Waals surface area contributed by atoms with Gasteiger partial charge in [-0.1, -0.05) is 34.1 Å². The van der Waals surface area contributed by atoms with Gasteiger partial charge in [-0.3, -0.25) is 48.4 Å². The average molecular weight is 870 g/mol. The van der Waals surface area contributed by atoms with E-state index in [1.165, 1.54) is 5.48 Å². The largest absolute Gasteiger partial charge is 0.370 e. The minimum absolute atomic E-state index is 0.0490. The first-order valence-electron chi connectivity index (χ1n) is 20.2. The lowest BCUT2D eigenvalue weighted by Gasteiger charge is -2.26. The molecule has 0 bridgehead atoms. The summed E-state index contributed by atoms with van der Waals surface area (Å²) in [5, 5.41) is 29.9. The number of nitrogens with two attached hydrogens (primary N) is 2. The van der Waals surface area contributed by atoms with E-state index >= 15 is 0 Å². The highest BCUT2D eigenvalue weighted by Crippen LogP contribution is 2.33. The Morgan fingerprint density at radius 1 is 0.750 bits per heavy atom. The Labute approximate surface area is 353 Å². The summed E-state index contributed by atoms with van der Waals surface area (Å²) >= 11 is 1.83. The average Bonchev–Trinajstić information content (AvgIpc) is 3.73. The Balaban J connectivity index is 1.73. The van der Waals surface area contributed by atoms with Crippen LogP contribution in [0.5, 0.6) is 0 Å². The molecule has 0 aliphatic carbocycles. The van der Waals surface area contributed by atoms with Gasteiger partial charge in [0.25, 0.3) is 0 Å². The van der Waals surface area contributed by atoms with Gasteiger partial charge in [0.15, 0.2) is 0 Å². The highest BCUT2D eigenvalue weighted by atomic mass is 32.2. The number of carbonyl (C=O) groups excluding carboxylic acids is 10. The van der Waals surface area contributed by atoms with Crippen LogP contribution < -0.4 is 59.5 Å². The molecule has 2 rings (SSSR count). The number of hydrogen-bond acceptors (Lipinski definition) is 12. The van der Waals surface area contributed by atoms with Crippen molar-refractivity contribution in [1.82, 2.24) is 48.0 Å². The van der Waals surface area contributed by atoms with Crippen LogP contribution in [0.3, 0.4) is 0 Å². The molecule has 11 amide bonds. The number of rotatable bonds is 28. The molecule has 0 radical (unpaired) electrons. The van der Waals surface area contributed by atoms with Crippen LogP contribution in [0.1, 0.15) is 91.9 Å². The molecule has 14 N–H and O–H groups in total. The molecule has 0 aromatic heterocycles. The van der Waals surface area contributed by atoms with Gasteiger partial charge in [-0.05, 0) is 50.4 Å². The molecule has 23 heteroatoms. The molecule has 0 aromatic carbocycles. The van der Waals surface area contributed by atoms with Crippen molar-refractivity contribution in [2.24, 2.45) is 29.2 Å². The van der Waals surface area contributed by atoms with Crippen molar-refractivity contribution >= 4 is 71.0 Å². The maximum absolute atomic E-state index is 13.2. The second-order valence-corrected chi connectivity index (χ2v) is 17.0. The second kappa shape index (κ2) is 26.1. The first-order valence-corrected chi connectivity index (χ1v) is 21.3. The third-order valence-electron chi connectivity index (χ3n) is 9.84. The molecule has 0 saturated carbocycles. The summed E-state index contributed by atoms with van der Waals surface area (Å²) in [5.41, 5.74) is 12.2. The quantitative estimate of drug-likeness (QED) is 0.0165. The Morgan fingerprint density at radius 2 is 1.45 bits per heavy atom. The van der Waals surface area contributed by atoms with E-state index in [0.717, 1.165) is 25.0 Å². The zero-order valence-corrected chi connectivity index (χ0v) is 35.5. The van der Waals surface area contributed by atoms with E-state index in [4.69, 9.17) is 16.7 Å². The molecule has 22 nitrogen and oxygen atoms in total. The SMILES string of the molecule is CC(C)CC(CC(=O)NO)C(=O)N[C@@H](CC(N)=O)C(=O)N[C@H](C(=O)NCC(=O)NCC(=O)N[C@@H](CCCCNC(=O)CCCC[C@@H]1SC[C@@H]2NC(=O)N[C@@H]21)C(N)=O)C(C)C. The van der Waals surface area contributed by atoms with Gasteiger partial charge in [0.05, 0.1) is 31.6 Å². The number of unbranched alkanes of at least 4 members (excludes halogenated alkanes) is 2. The van der Waals surface area contributed by atoms with Gasteiger partial charge in [-0.25, -0.2) is 10.3 Å². The van der Waals surface area contributed by atoms with Gasteiger partial charge in [0.2, 0.25) is 53.2 Å². The van der Waals surface area contributed by atoms with Crippen molar-refractivity contribution in [2.75, 3.05) is 25.4 Å². The fourth-order valence-electron chi connectivity index (χ4n) is 6.72. The number of urea groups is 1. The standard InChI is InChI=1S/C37H63N11O11S/c1-19(2)13-21(14-28(51)48-59)34(55)44-23(15-26(38)49)35(56)46-31(20(3)4)36(57)42-16-29(52)41-17-30(53)43-22(33(39)54)9-7-8-12-40-27(50)11-6-5-10-25-32-24(18-60-25)45-37(58)47-32/h19-25,31-32,59H,5-18H2,1-4H3,(H2,38,49)(H2,39,54)(H,40,50)(H,41,52)(H,42,57)(H,43,53)(H,44,55)(H,46,56)(H,48,51)(H2,45,47,58)/t21?,22-,23-,24-,25-,31-,32-/m0/s1. The number of amides is 11. The predicted molar refractivity (Wildman–Crippen MR) is 218 cm³/mol. The molecule has 2 saturated heterocycles. The number of hydrogen-bond donors (Lipinski definition) is 12. The van der Waals surface area contributed by atoms with Crippen molar-refractivity contribution in [3.05, 3.63) is 0 Å². The first kappa shape index (κ1) is 51.0. The molecule has 2 fully saturated rings. The predicted octanol–water partition coefficient (Wildman–Crippen LogP) is -2.74. The molecule has 7 atom stereocenters. The van der Waals surface area contributed by atoms with Crippen LogP contribution in [-0.4, -0.2) is 125 Å². The number of carbonyl (C=O) groups is 10. The zero-order chi connectivity index (χ0) is 44.9. The van der Waals surface area contributed by atoms with E-state index in [-0.39, 0.29) is 42.8 Å². The van der Waals surface area contributed by atoms with Crippen molar-refractivity contribution in [2.45, 2.75) is 127 Å². The smallest absolute Gasteiger partial charge is 0.315 e. The molecule has 60 heavy (non-hydrogen) atoms. The monoisotopic (exact) mass is 869 g/mol. The van der Waals surface area contributed by atoms with Gasteiger partial charge in [0.1, 0.15) is 18.1 Å². The lowest BCUT2D eigenvalue weighted by molar-refractivity contribution is -0.138. The first-order chi connectivity index (χ1) is 28.3. The van der Waals surface area contributed by atoms with Crippen LogP contribution in [0.15, 0.2) is 0 Å². The number of primary amides is 2. The Kier molecular flexibility index (Phi) is 22.2. The summed E-state index contributed by atoms with van der Waals surface area (Å²) in [5.74, 6) is -7.27. The van der Waals surface area contributed by atoms with Crippen molar-refractivity contribution < 1.29 is 53.2 Å². The number of nitrogens with one attached hydrogen (secondary N) is 9. The molecular weight excluding hydrogens is 807 g/mol. The lowest BCUT2D eigenvalue weighted by atomic mass is 9.92. The van der Waals surface area contributed by atoms with E-state index in [0.29, 0.717) is 31.1 Å². The molecule has 0 spiro atoms. The zero-order valence-electron chi connectivity index (χ0n) is 34.7. The summed E-state index contributed by atoms with van der Waals surface area (Å²) in [6.07, 6.45) is 3.23. The maximum atomic E-state index is 13.2. The van der Waals surface area contributed by atoms with Gasteiger partial charge >= 0.3 is 6.03 Å². The normalized spacial score (nSPS) is 18.7. The van der Waals surface area contributed by atoms with E-state index in [9.17, 15) is 47.9 Å². The van der Waals surface area contributed by atoms with E-state index in [2.05, 4.69) is 42.5 Å². The van der Waals surface area contributed by atoms with Crippen LogP contribution in [0.2, 0.25) is 0 Å². The molecule has 0 aromatic rings. The van der Waals surface area contributed by atoms with E-state index in [1.807, 2.05) is 11.8 Å². The van der Waals surface area contributed by atoms with Crippen LogP contribution in [0.25, 0.3) is 0 Å². The third kappa shape index (κ3) is 18.8. The van der Waals surface area contributed by atoms with Gasteiger partial charge in [-0.15, -0.1) is 0 Å². The lowest BCUT2D eigenvalue weighted by Crippen LogP contribution is -2.57. The van der Waals surface area contributed by atoms with Crippen molar-refractivity contribution in [3.63, 3.8) is 0 Å². The second-order valence-electron chi connectivity index (χ2n) is 15.8. The minimum atomic E-state index is -1.51. The topological polar surface area (TPSA) is 351 Å². The minimum Gasteiger partial charge on any atom is -0.370 e. The molecule has 2 aliphatic heterocycles. The fraction of sp³-hybridized carbons (Fsp3) is 0.730. The number of hydroxylamine groups is 1. The van der Waals surface area contributed by atoms with E-state index < -0.39 is 103 Å². The van der Waals surface area contributed by atoms with Crippen LogP contribution in [0, 0.1) is 17.8 Å². The summed E-state index contributed by atoms with van der Waals surface area (Å²) in [7, 11) is 0. The number of fused-ring (bicyclic) bond motifs is 1. The molecule has 2 heterocycles. The third-order valence-corrected chi connectivity index (χ3v) is 11.3. The van der Waals surface area contributed by atoms with Crippen molar-refractivity contribution in [1.29, 1.82) is 0 Å².